The number of fused-ring (bicyclic) bond motifs is 8. The molecular formula is C70H52. The first-order chi connectivity index (χ1) is 34.2. The molecule has 0 fully saturated rings. The minimum Gasteiger partial charge on any atom is -0.0622 e. The first kappa shape index (κ1) is 41.8. The van der Waals surface area contributed by atoms with Crippen molar-refractivity contribution in [2.75, 3.05) is 0 Å². The maximum absolute atomic E-state index is 2.58. The molecule has 0 unspecified atom stereocenters. The second-order valence-corrected chi connectivity index (χ2v) is 20.6. The molecule has 0 saturated heterocycles. The third-order valence-electron chi connectivity index (χ3n) is 15.4. The van der Waals surface area contributed by atoms with Crippen molar-refractivity contribution in [1.29, 1.82) is 0 Å². The lowest BCUT2D eigenvalue weighted by molar-refractivity contribution is 0.521. The quantitative estimate of drug-likeness (QED) is 0.133. The summed E-state index contributed by atoms with van der Waals surface area (Å²) < 4.78 is 0. The smallest absolute Gasteiger partial charge is 0.0153 e. The Morgan fingerprint density at radius 3 is 0.671 bits per heavy atom. The molecule has 0 aliphatic heterocycles. The summed E-state index contributed by atoms with van der Waals surface area (Å²) in [5.41, 5.74) is 25.3. The predicted molar refractivity (Wildman–Crippen MR) is 302 cm³/mol. The van der Waals surface area contributed by atoms with E-state index >= 15 is 0 Å². The van der Waals surface area contributed by atoms with Gasteiger partial charge in [0, 0.05) is 10.8 Å². The zero-order valence-electron chi connectivity index (χ0n) is 40.1. The van der Waals surface area contributed by atoms with Gasteiger partial charge in [-0.3, -0.25) is 0 Å². The normalized spacial score (nSPS) is 14.6. The van der Waals surface area contributed by atoms with Gasteiger partial charge in [-0.1, -0.05) is 198 Å². The molecule has 0 spiro atoms. The van der Waals surface area contributed by atoms with E-state index in [0.717, 1.165) is 0 Å². The van der Waals surface area contributed by atoms with E-state index < -0.39 is 0 Å². The van der Waals surface area contributed by atoms with Gasteiger partial charge in [0.1, 0.15) is 0 Å². The molecule has 0 atom stereocenters. The average Bonchev–Trinajstić information content (AvgIpc) is 3.87. The van der Waals surface area contributed by atoms with Gasteiger partial charge in [-0.2, -0.15) is 0 Å². The van der Waals surface area contributed by atoms with Crippen molar-refractivity contribution in [3.63, 3.8) is 0 Å². The van der Waals surface area contributed by atoms with Crippen molar-refractivity contribution in [3.05, 3.63) is 261 Å². The highest BCUT2D eigenvalue weighted by molar-refractivity contribution is 6.18. The zero-order chi connectivity index (χ0) is 47.1. The molecule has 10 aromatic carbocycles. The Hall–Kier alpha value is -8.32. The van der Waals surface area contributed by atoms with Crippen molar-refractivity contribution in [2.24, 2.45) is 0 Å². The summed E-state index contributed by atoms with van der Waals surface area (Å²) in [6.45, 7) is 9.85. The minimum absolute atomic E-state index is 0.269. The zero-order valence-corrected chi connectivity index (χ0v) is 40.1. The fourth-order valence-corrected chi connectivity index (χ4v) is 11.8. The van der Waals surface area contributed by atoms with Crippen LogP contribution in [0.1, 0.15) is 94.5 Å². The average molecular weight is 893 g/mol. The molecule has 332 valence electrons. The molecule has 0 saturated carbocycles. The Kier molecular flexibility index (Phi) is 9.65. The van der Waals surface area contributed by atoms with Gasteiger partial charge in [-0.15, -0.1) is 0 Å². The topological polar surface area (TPSA) is 0 Å². The molecule has 0 radical (unpaired) electrons. The van der Waals surface area contributed by atoms with E-state index in [2.05, 4.69) is 270 Å². The highest BCUT2D eigenvalue weighted by atomic mass is 14.5. The molecule has 0 heterocycles. The Balaban J connectivity index is 0.979. The van der Waals surface area contributed by atoms with Gasteiger partial charge < -0.3 is 0 Å². The van der Waals surface area contributed by atoms with Crippen LogP contribution in [0.3, 0.4) is 0 Å². The van der Waals surface area contributed by atoms with E-state index in [1.54, 1.807) is 0 Å². The molecule has 13 rings (SSSR count). The summed E-state index contributed by atoms with van der Waals surface area (Å²) >= 11 is 0. The van der Waals surface area contributed by atoms with Crippen LogP contribution >= 0.6 is 0 Å². The van der Waals surface area contributed by atoms with Crippen molar-refractivity contribution in [1.82, 2.24) is 0 Å². The molecule has 10 aromatic rings. The summed E-state index contributed by atoms with van der Waals surface area (Å²) in [6.07, 6.45) is 18.1. The molecule has 0 bridgehead atoms. The first-order valence-corrected chi connectivity index (χ1v) is 24.7. The molecule has 0 amide bonds. The second-order valence-electron chi connectivity index (χ2n) is 20.6. The minimum atomic E-state index is -0.269. The standard InChI is InChI=1S/C70H52/c1-69(2)63-41-55-57(61-39-51(31-27-47-21-13-7-14-22-47)35-53-33-49(37-59(55)67(53)61)29-25-45-17-9-5-10-18-45)43-65(63)70(3,4)66-44-58-56(42-64(66)69)60-38-50(30-26-46-19-11-6-12-20-46)34-54-36-52(40-62(58)68(54)60)32-28-48-23-15-8-16-24-48/h5-44H,1-4H3/b29-25+,30-26+,31-27+,32-28+. The van der Waals surface area contributed by atoms with Crippen LogP contribution in [0.5, 0.6) is 0 Å². The number of benzene rings is 10. The Morgan fingerprint density at radius 1 is 0.229 bits per heavy atom. The summed E-state index contributed by atoms with van der Waals surface area (Å²) in [4.78, 5) is 0. The molecular weight excluding hydrogens is 841 g/mol. The van der Waals surface area contributed by atoms with Crippen molar-refractivity contribution in [3.8, 4) is 44.5 Å². The number of hydrogen-bond acceptors (Lipinski definition) is 0. The molecule has 0 nitrogen and oxygen atoms in total. The summed E-state index contributed by atoms with van der Waals surface area (Å²) in [5, 5.41) is 5.23. The van der Waals surface area contributed by atoms with E-state index in [-0.39, 0.29) is 10.8 Å². The third-order valence-corrected chi connectivity index (χ3v) is 15.4. The van der Waals surface area contributed by atoms with Gasteiger partial charge in [0.15, 0.2) is 0 Å². The largest absolute Gasteiger partial charge is 0.0622 e. The summed E-state index contributed by atoms with van der Waals surface area (Å²) in [6, 6.07) is 72.0. The van der Waals surface area contributed by atoms with E-state index in [1.807, 2.05) is 0 Å². The Labute approximate surface area is 412 Å². The molecule has 0 aromatic heterocycles. The maximum atomic E-state index is 2.58. The van der Waals surface area contributed by atoms with Crippen LogP contribution in [-0.2, 0) is 10.8 Å². The van der Waals surface area contributed by atoms with Crippen LogP contribution in [0.4, 0.5) is 0 Å². The highest BCUT2D eigenvalue weighted by Gasteiger charge is 2.44. The number of hydrogen-bond donors (Lipinski definition) is 0. The lowest BCUT2D eigenvalue weighted by Crippen LogP contribution is -2.36. The highest BCUT2D eigenvalue weighted by Crippen LogP contribution is 2.59. The fourth-order valence-electron chi connectivity index (χ4n) is 11.8. The van der Waals surface area contributed by atoms with Crippen LogP contribution in [0, 0.1) is 0 Å². The predicted octanol–water partition coefficient (Wildman–Crippen LogP) is 18.9. The second kappa shape index (κ2) is 16.2. The third kappa shape index (κ3) is 6.97. The van der Waals surface area contributed by atoms with Gasteiger partial charge in [-0.25, -0.2) is 0 Å². The molecule has 70 heavy (non-hydrogen) atoms. The Bertz CT molecular complexity index is 3380. The first-order valence-electron chi connectivity index (χ1n) is 24.7. The van der Waals surface area contributed by atoms with Crippen molar-refractivity contribution < 1.29 is 0 Å². The van der Waals surface area contributed by atoms with Crippen LogP contribution in [-0.4, -0.2) is 0 Å². The lowest BCUT2D eigenvalue weighted by Gasteiger charge is -2.44. The maximum Gasteiger partial charge on any atom is 0.0153 e. The van der Waals surface area contributed by atoms with E-state index in [1.165, 1.54) is 133 Å². The fraction of sp³-hybridized carbons (Fsp3) is 0.0857. The van der Waals surface area contributed by atoms with Crippen molar-refractivity contribution >= 4 is 70.2 Å². The molecule has 3 aliphatic carbocycles. The number of rotatable bonds is 8. The van der Waals surface area contributed by atoms with Gasteiger partial charge in [0.25, 0.3) is 0 Å². The van der Waals surface area contributed by atoms with Gasteiger partial charge in [-0.05, 0) is 206 Å². The van der Waals surface area contributed by atoms with Crippen LogP contribution in [0.2, 0.25) is 0 Å². The summed E-state index contributed by atoms with van der Waals surface area (Å²) in [7, 11) is 0. The van der Waals surface area contributed by atoms with Gasteiger partial charge in [0.2, 0.25) is 0 Å². The summed E-state index contributed by atoms with van der Waals surface area (Å²) in [5.74, 6) is 0. The van der Waals surface area contributed by atoms with E-state index in [0.29, 0.717) is 0 Å². The van der Waals surface area contributed by atoms with Crippen LogP contribution in [0.15, 0.2) is 194 Å². The van der Waals surface area contributed by atoms with E-state index in [9.17, 15) is 0 Å². The van der Waals surface area contributed by atoms with E-state index in [4.69, 9.17) is 0 Å². The monoisotopic (exact) mass is 892 g/mol. The molecule has 3 aliphatic rings. The Morgan fingerprint density at radius 2 is 0.443 bits per heavy atom. The SMILES string of the molecule is CC1(C)c2cc3c(cc2C(C)(C)c2cc4c(cc21)-c1cc(/C=C/c2ccccc2)cc2cc(/C=C/c5ccccc5)cc-4c12)-c1cc(/C=C/c2ccccc2)cc2cc(/C=C/c4ccccc4)cc-3c12. The lowest BCUT2D eigenvalue weighted by atomic mass is 9.59. The van der Waals surface area contributed by atoms with Crippen molar-refractivity contribution in [2.45, 2.75) is 38.5 Å². The van der Waals surface area contributed by atoms with Crippen LogP contribution < -0.4 is 0 Å². The van der Waals surface area contributed by atoms with Gasteiger partial charge >= 0.3 is 0 Å². The van der Waals surface area contributed by atoms with Crippen LogP contribution in [0.25, 0.3) is 115 Å². The molecule has 0 heteroatoms. The molecule has 0 N–H and O–H groups in total. The van der Waals surface area contributed by atoms with Gasteiger partial charge in [0.05, 0.1) is 0 Å².